The summed E-state index contributed by atoms with van der Waals surface area (Å²) in [7, 11) is 0. The van der Waals surface area contributed by atoms with Crippen LogP contribution in [0, 0.1) is 0 Å². The van der Waals surface area contributed by atoms with Crippen molar-refractivity contribution in [2.45, 2.75) is 45.1 Å². The molecule has 0 aromatic heterocycles. The quantitative estimate of drug-likeness (QED) is 0.656. The monoisotopic (exact) mass is 170 g/mol. The van der Waals surface area contributed by atoms with Gasteiger partial charge in [-0.25, -0.2) is 0 Å². The summed E-state index contributed by atoms with van der Waals surface area (Å²) in [6.07, 6.45) is 5.24. The van der Waals surface area contributed by atoms with Gasteiger partial charge in [0.25, 0.3) is 0 Å². The maximum atomic E-state index is 5.78. The zero-order valence-corrected chi connectivity index (χ0v) is 8.47. The number of unbranched alkanes of at least 4 members (excludes halogenated alkanes) is 1. The van der Waals surface area contributed by atoms with Gasteiger partial charge in [0.15, 0.2) is 0 Å². The summed E-state index contributed by atoms with van der Waals surface area (Å²) < 4.78 is 0. The first kappa shape index (κ1) is 10.0. The molecule has 0 aromatic carbocycles. The second-order valence-corrected chi connectivity index (χ2v) is 3.86. The molecule has 0 aliphatic heterocycles. The van der Waals surface area contributed by atoms with Gasteiger partial charge in [0.1, 0.15) is 0 Å². The van der Waals surface area contributed by atoms with E-state index in [0.29, 0.717) is 5.54 Å². The SMILES string of the molecule is CCCCN(CC)C1(CN)CC1. The third-order valence-electron chi connectivity index (χ3n) is 3.04. The van der Waals surface area contributed by atoms with Crippen LogP contribution < -0.4 is 5.73 Å². The predicted molar refractivity (Wildman–Crippen MR) is 53.2 cm³/mol. The molecule has 0 unspecified atom stereocenters. The van der Waals surface area contributed by atoms with Crippen LogP contribution in [0.25, 0.3) is 0 Å². The summed E-state index contributed by atoms with van der Waals surface area (Å²) >= 11 is 0. The van der Waals surface area contributed by atoms with Crippen LogP contribution in [0.15, 0.2) is 0 Å². The molecule has 2 nitrogen and oxygen atoms in total. The molecule has 1 fully saturated rings. The molecule has 0 heterocycles. The minimum atomic E-state index is 0.421. The second-order valence-electron chi connectivity index (χ2n) is 3.86. The zero-order chi connectivity index (χ0) is 9.03. The number of hydrogen-bond donors (Lipinski definition) is 1. The molecule has 0 spiro atoms. The van der Waals surface area contributed by atoms with Crippen molar-refractivity contribution in [2.24, 2.45) is 5.73 Å². The molecule has 0 amide bonds. The lowest BCUT2D eigenvalue weighted by Gasteiger charge is -2.29. The first-order valence-electron chi connectivity index (χ1n) is 5.24. The van der Waals surface area contributed by atoms with Crippen LogP contribution in [0.3, 0.4) is 0 Å². The van der Waals surface area contributed by atoms with Crippen LogP contribution >= 0.6 is 0 Å². The van der Waals surface area contributed by atoms with Gasteiger partial charge in [-0.15, -0.1) is 0 Å². The molecule has 0 radical (unpaired) electrons. The van der Waals surface area contributed by atoms with Crippen LogP contribution in [0.4, 0.5) is 0 Å². The van der Waals surface area contributed by atoms with Gasteiger partial charge in [0.2, 0.25) is 0 Å². The number of nitrogens with two attached hydrogens (primary N) is 1. The maximum absolute atomic E-state index is 5.78. The van der Waals surface area contributed by atoms with E-state index in [4.69, 9.17) is 5.73 Å². The standard InChI is InChI=1S/C10H22N2/c1-3-5-8-12(4-2)10(9-11)6-7-10/h3-9,11H2,1-2H3. The Morgan fingerprint density at radius 2 is 2.00 bits per heavy atom. The molecule has 72 valence electrons. The third-order valence-corrected chi connectivity index (χ3v) is 3.04. The van der Waals surface area contributed by atoms with Gasteiger partial charge in [0, 0.05) is 12.1 Å². The van der Waals surface area contributed by atoms with E-state index in [9.17, 15) is 0 Å². The van der Waals surface area contributed by atoms with Gasteiger partial charge in [0.05, 0.1) is 0 Å². The highest BCUT2D eigenvalue weighted by molar-refractivity contribution is 5.04. The molecule has 0 aromatic rings. The van der Waals surface area contributed by atoms with E-state index >= 15 is 0 Å². The van der Waals surface area contributed by atoms with Crippen LogP contribution in [-0.4, -0.2) is 30.1 Å². The predicted octanol–water partition coefficient (Wildman–Crippen LogP) is 1.60. The highest BCUT2D eigenvalue weighted by Gasteiger charge is 2.45. The summed E-state index contributed by atoms with van der Waals surface area (Å²) in [6, 6.07) is 0. The molecule has 1 aliphatic carbocycles. The topological polar surface area (TPSA) is 29.3 Å². The van der Waals surface area contributed by atoms with Crippen LogP contribution in [0.1, 0.15) is 39.5 Å². The Kier molecular flexibility index (Phi) is 3.53. The van der Waals surface area contributed by atoms with Crippen LogP contribution in [0.2, 0.25) is 0 Å². The first-order valence-corrected chi connectivity index (χ1v) is 5.24. The lowest BCUT2D eigenvalue weighted by atomic mass is 10.2. The van der Waals surface area contributed by atoms with Gasteiger partial charge in [-0.2, -0.15) is 0 Å². The Hall–Kier alpha value is -0.0800. The smallest absolute Gasteiger partial charge is 0.0333 e. The number of nitrogens with zero attached hydrogens (tertiary/aromatic N) is 1. The molecule has 0 bridgehead atoms. The van der Waals surface area contributed by atoms with E-state index in [1.54, 1.807) is 0 Å². The number of rotatable bonds is 6. The summed E-state index contributed by atoms with van der Waals surface area (Å²) in [4.78, 5) is 2.57. The fourth-order valence-electron chi connectivity index (χ4n) is 1.87. The number of likely N-dealkylation sites (N-methyl/N-ethyl adjacent to an activating group) is 1. The van der Waals surface area contributed by atoms with Gasteiger partial charge in [-0.3, -0.25) is 4.90 Å². The minimum Gasteiger partial charge on any atom is -0.329 e. The van der Waals surface area contributed by atoms with Crippen molar-refractivity contribution in [2.75, 3.05) is 19.6 Å². The fourth-order valence-corrected chi connectivity index (χ4v) is 1.87. The van der Waals surface area contributed by atoms with Crippen molar-refractivity contribution in [3.05, 3.63) is 0 Å². The number of hydrogen-bond acceptors (Lipinski definition) is 2. The molecule has 1 aliphatic rings. The van der Waals surface area contributed by atoms with E-state index in [1.165, 1.54) is 32.2 Å². The van der Waals surface area contributed by atoms with Gasteiger partial charge >= 0.3 is 0 Å². The van der Waals surface area contributed by atoms with Crippen molar-refractivity contribution in [3.63, 3.8) is 0 Å². The van der Waals surface area contributed by atoms with Crippen LogP contribution in [0.5, 0.6) is 0 Å². The molecule has 0 atom stereocenters. The van der Waals surface area contributed by atoms with Crippen molar-refractivity contribution in [1.82, 2.24) is 4.90 Å². The molecular weight excluding hydrogens is 148 g/mol. The molecular formula is C10H22N2. The third kappa shape index (κ3) is 1.99. The Morgan fingerprint density at radius 3 is 2.33 bits per heavy atom. The zero-order valence-electron chi connectivity index (χ0n) is 8.47. The average Bonchev–Trinajstić information content (AvgIpc) is 2.87. The van der Waals surface area contributed by atoms with Crippen molar-refractivity contribution >= 4 is 0 Å². The fraction of sp³-hybridized carbons (Fsp3) is 1.00. The van der Waals surface area contributed by atoms with E-state index in [1.807, 2.05) is 0 Å². The largest absolute Gasteiger partial charge is 0.329 e. The summed E-state index contributed by atoms with van der Waals surface area (Å²) in [5.41, 5.74) is 6.20. The maximum Gasteiger partial charge on any atom is 0.0333 e. The van der Waals surface area contributed by atoms with E-state index in [-0.39, 0.29) is 0 Å². The van der Waals surface area contributed by atoms with E-state index in [2.05, 4.69) is 18.7 Å². The van der Waals surface area contributed by atoms with E-state index in [0.717, 1.165) is 13.1 Å². The molecule has 2 N–H and O–H groups in total. The van der Waals surface area contributed by atoms with Crippen molar-refractivity contribution in [3.8, 4) is 0 Å². The van der Waals surface area contributed by atoms with Crippen molar-refractivity contribution in [1.29, 1.82) is 0 Å². The Morgan fingerprint density at radius 1 is 1.33 bits per heavy atom. The van der Waals surface area contributed by atoms with Crippen LogP contribution in [-0.2, 0) is 0 Å². The summed E-state index contributed by atoms with van der Waals surface area (Å²) in [5.74, 6) is 0. The van der Waals surface area contributed by atoms with Gasteiger partial charge < -0.3 is 5.73 Å². The molecule has 12 heavy (non-hydrogen) atoms. The lowest BCUT2D eigenvalue weighted by Crippen LogP contribution is -2.43. The molecule has 1 saturated carbocycles. The second kappa shape index (κ2) is 4.24. The van der Waals surface area contributed by atoms with Crippen molar-refractivity contribution < 1.29 is 0 Å². The summed E-state index contributed by atoms with van der Waals surface area (Å²) in [6.45, 7) is 7.74. The normalized spacial score (nSPS) is 20.0. The molecule has 2 heteroatoms. The van der Waals surface area contributed by atoms with E-state index < -0.39 is 0 Å². The Bertz CT molecular complexity index is 130. The molecule has 0 saturated heterocycles. The lowest BCUT2D eigenvalue weighted by molar-refractivity contribution is 0.188. The molecule has 1 rings (SSSR count). The average molecular weight is 170 g/mol. The Balaban J connectivity index is 2.34. The highest BCUT2D eigenvalue weighted by Crippen LogP contribution is 2.40. The highest BCUT2D eigenvalue weighted by atomic mass is 15.2. The minimum absolute atomic E-state index is 0.421. The first-order chi connectivity index (χ1) is 5.79. The Labute approximate surface area is 76.1 Å². The van der Waals surface area contributed by atoms with Gasteiger partial charge in [-0.05, 0) is 32.4 Å². The summed E-state index contributed by atoms with van der Waals surface area (Å²) in [5, 5.41) is 0. The van der Waals surface area contributed by atoms with Gasteiger partial charge in [-0.1, -0.05) is 20.3 Å².